The Kier molecular flexibility index (Phi) is 3.16. The van der Waals surface area contributed by atoms with Crippen LogP contribution in [0.25, 0.3) is 17.2 Å². The minimum atomic E-state index is 1.21. The molecule has 0 N–H and O–H groups in total. The van der Waals surface area contributed by atoms with Gasteiger partial charge in [-0.25, -0.2) is 0 Å². The van der Waals surface area contributed by atoms with Gasteiger partial charge in [0.25, 0.3) is 0 Å². The fourth-order valence-electron chi connectivity index (χ4n) is 1.72. The fourth-order valence-corrected chi connectivity index (χ4v) is 1.72. The quantitative estimate of drug-likeness (QED) is 0.726. The summed E-state index contributed by atoms with van der Waals surface area (Å²) in [6, 6.07) is 10.6. The van der Waals surface area contributed by atoms with Gasteiger partial charge in [0, 0.05) is 12.4 Å². The van der Waals surface area contributed by atoms with E-state index in [9.17, 15) is 0 Å². The van der Waals surface area contributed by atoms with Crippen molar-refractivity contribution in [2.24, 2.45) is 0 Å². The van der Waals surface area contributed by atoms with E-state index in [2.05, 4.69) is 42.3 Å². The van der Waals surface area contributed by atoms with Crippen LogP contribution in [0.3, 0.4) is 0 Å². The third-order valence-corrected chi connectivity index (χ3v) is 2.64. The molecule has 0 fully saturated rings. The SMILES string of the molecule is C/C=C\c1cc(-c2ccncc2)ccc1C. The van der Waals surface area contributed by atoms with Crippen molar-refractivity contribution in [1.29, 1.82) is 0 Å². The van der Waals surface area contributed by atoms with Crippen molar-refractivity contribution in [1.82, 2.24) is 4.98 Å². The van der Waals surface area contributed by atoms with E-state index < -0.39 is 0 Å². The van der Waals surface area contributed by atoms with Gasteiger partial charge >= 0.3 is 0 Å². The van der Waals surface area contributed by atoms with Crippen molar-refractivity contribution in [2.75, 3.05) is 0 Å². The van der Waals surface area contributed by atoms with Gasteiger partial charge < -0.3 is 0 Å². The molecule has 0 unspecified atom stereocenters. The van der Waals surface area contributed by atoms with Crippen molar-refractivity contribution >= 4 is 6.08 Å². The predicted octanol–water partition coefficient (Wildman–Crippen LogP) is 4.09. The predicted molar refractivity (Wildman–Crippen MR) is 69.1 cm³/mol. The Morgan fingerprint density at radius 3 is 2.44 bits per heavy atom. The number of pyridine rings is 1. The smallest absolute Gasteiger partial charge is 0.0273 e. The molecular weight excluding hydrogens is 194 g/mol. The number of benzene rings is 1. The highest BCUT2D eigenvalue weighted by molar-refractivity contribution is 5.68. The van der Waals surface area contributed by atoms with Crippen molar-refractivity contribution < 1.29 is 0 Å². The molecule has 0 spiro atoms. The minimum Gasteiger partial charge on any atom is -0.265 e. The summed E-state index contributed by atoms with van der Waals surface area (Å²) in [6.07, 6.45) is 7.85. The van der Waals surface area contributed by atoms with E-state index in [0.29, 0.717) is 0 Å². The normalized spacial score (nSPS) is 10.9. The van der Waals surface area contributed by atoms with Gasteiger partial charge in [-0.15, -0.1) is 0 Å². The van der Waals surface area contributed by atoms with Crippen molar-refractivity contribution in [3.05, 3.63) is 59.9 Å². The van der Waals surface area contributed by atoms with Crippen LogP contribution < -0.4 is 0 Å². The van der Waals surface area contributed by atoms with E-state index in [1.807, 2.05) is 31.5 Å². The number of nitrogens with zero attached hydrogens (tertiary/aromatic N) is 1. The first-order valence-electron chi connectivity index (χ1n) is 5.45. The maximum absolute atomic E-state index is 4.03. The first-order chi connectivity index (χ1) is 7.81. The summed E-state index contributed by atoms with van der Waals surface area (Å²) in [6.45, 7) is 4.17. The molecule has 1 heteroatoms. The molecule has 0 bridgehead atoms. The van der Waals surface area contributed by atoms with E-state index in [1.165, 1.54) is 22.3 Å². The second-order valence-electron chi connectivity index (χ2n) is 3.81. The molecule has 1 aromatic heterocycles. The molecule has 0 saturated carbocycles. The van der Waals surface area contributed by atoms with Crippen molar-refractivity contribution in [2.45, 2.75) is 13.8 Å². The highest BCUT2D eigenvalue weighted by atomic mass is 14.6. The lowest BCUT2D eigenvalue weighted by Gasteiger charge is -2.05. The molecule has 16 heavy (non-hydrogen) atoms. The maximum atomic E-state index is 4.03. The molecule has 0 aliphatic carbocycles. The summed E-state index contributed by atoms with van der Waals surface area (Å²) in [5.41, 5.74) is 5.02. The molecule has 0 aliphatic rings. The largest absolute Gasteiger partial charge is 0.265 e. The number of allylic oxidation sites excluding steroid dienone is 1. The monoisotopic (exact) mass is 209 g/mol. The van der Waals surface area contributed by atoms with E-state index >= 15 is 0 Å². The van der Waals surface area contributed by atoms with Crippen LogP contribution in [0.2, 0.25) is 0 Å². The molecule has 80 valence electrons. The average molecular weight is 209 g/mol. The van der Waals surface area contributed by atoms with Gasteiger partial charge in [-0.05, 0) is 54.3 Å². The van der Waals surface area contributed by atoms with Crippen molar-refractivity contribution in [3.63, 3.8) is 0 Å². The Bertz CT molecular complexity index is 498. The number of hydrogen-bond acceptors (Lipinski definition) is 1. The molecule has 1 aromatic carbocycles. The lowest BCUT2D eigenvalue weighted by Crippen LogP contribution is -1.84. The molecule has 1 nitrogen and oxygen atoms in total. The highest BCUT2D eigenvalue weighted by Crippen LogP contribution is 2.22. The van der Waals surface area contributed by atoms with Crippen LogP contribution in [0.15, 0.2) is 48.8 Å². The zero-order valence-electron chi connectivity index (χ0n) is 9.64. The molecule has 0 amide bonds. The summed E-state index contributed by atoms with van der Waals surface area (Å²) < 4.78 is 0. The van der Waals surface area contributed by atoms with Crippen molar-refractivity contribution in [3.8, 4) is 11.1 Å². The second-order valence-corrected chi connectivity index (χ2v) is 3.81. The summed E-state index contributed by atoms with van der Waals surface area (Å²) >= 11 is 0. The van der Waals surface area contributed by atoms with Gasteiger partial charge in [-0.2, -0.15) is 0 Å². The van der Waals surface area contributed by atoms with Crippen LogP contribution in [0, 0.1) is 6.92 Å². The zero-order valence-corrected chi connectivity index (χ0v) is 9.64. The van der Waals surface area contributed by atoms with E-state index in [4.69, 9.17) is 0 Å². The first kappa shape index (κ1) is 10.6. The number of rotatable bonds is 2. The van der Waals surface area contributed by atoms with Crippen LogP contribution in [-0.2, 0) is 0 Å². The minimum absolute atomic E-state index is 1.21. The van der Waals surface area contributed by atoms with Gasteiger partial charge in [0.05, 0.1) is 0 Å². The number of aromatic nitrogens is 1. The first-order valence-corrected chi connectivity index (χ1v) is 5.45. The molecule has 2 rings (SSSR count). The van der Waals surface area contributed by atoms with Gasteiger partial charge in [0.15, 0.2) is 0 Å². The van der Waals surface area contributed by atoms with Crippen LogP contribution in [0.5, 0.6) is 0 Å². The Morgan fingerprint density at radius 2 is 1.75 bits per heavy atom. The van der Waals surface area contributed by atoms with Gasteiger partial charge in [-0.1, -0.05) is 24.3 Å². The molecule has 0 aliphatic heterocycles. The molecule has 0 radical (unpaired) electrons. The Labute approximate surface area is 96.5 Å². The van der Waals surface area contributed by atoms with E-state index in [1.54, 1.807) is 0 Å². The van der Waals surface area contributed by atoms with Gasteiger partial charge in [0.1, 0.15) is 0 Å². The second kappa shape index (κ2) is 4.75. The standard InChI is InChI=1S/C15H15N/c1-3-4-14-11-15(6-5-12(14)2)13-7-9-16-10-8-13/h3-11H,1-2H3/b4-3-. The number of hydrogen-bond donors (Lipinski definition) is 0. The summed E-state index contributed by atoms with van der Waals surface area (Å²) in [5.74, 6) is 0. The molecule has 1 heterocycles. The highest BCUT2D eigenvalue weighted by Gasteiger charge is 1.99. The average Bonchev–Trinajstić information content (AvgIpc) is 2.33. The Morgan fingerprint density at radius 1 is 1.00 bits per heavy atom. The summed E-state index contributed by atoms with van der Waals surface area (Å²) in [5, 5.41) is 0. The Hall–Kier alpha value is -1.89. The molecule has 0 atom stereocenters. The number of aryl methyl sites for hydroxylation is 1. The van der Waals surface area contributed by atoms with E-state index in [0.717, 1.165) is 0 Å². The summed E-state index contributed by atoms with van der Waals surface area (Å²) in [7, 11) is 0. The van der Waals surface area contributed by atoms with Gasteiger partial charge in [0.2, 0.25) is 0 Å². The van der Waals surface area contributed by atoms with Crippen LogP contribution >= 0.6 is 0 Å². The third kappa shape index (κ3) is 2.19. The third-order valence-electron chi connectivity index (χ3n) is 2.64. The maximum Gasteiger partial charge on any atom is 0.0273 e. The van der Waals surface area contributed by atoms with Gasteiger partial charge in [-0.3, -0.25) is 4.98 Å². The fraction of sp³-hybridized carbons (Fsp3) is 0.133. The Balaban J connectivity index is 2.48. The van der Waals surface area contributed by atoms with Crippen LogP contribution in [-0.4, -0.2) is 4.98 Å². The van der Waals surface area contributed by atoms with Crippen LogP contribution in [0.1, 0.15) is 18.1 Å². The lowest BCUT2D eigenvalue weighted by atomic mass is 10.0. The summed E-state index contributed by atoms with van der Waals surface area (Å²) in [4.78, 5) is 4.03. The van der Waals surface area contributed by atoms with Crippen LogP contribution in [0.4, 0.5) is 0 Å². The topological polar surface area (TPSA) is 12.9 Å². The zero-order chi connectivity index (χ0) is 11.4. The van der Waals surface area contributed by atoms with E-state index in [-0.39, 0.29) is 0 Å². The lowest BCUT2D eigenvalue weighted by molar-refractivity contribution is 1.33. The molecular formula is C15H15N. The molecule has 2 aromatic rings. The molecule has 0 saturated heterocycles.